The van der Waals surface area contributed by atoms with Gasteiger partial charge in [-0.25, -0.2) is 12.8 Å². The standard InChI is InChI=1S/C32H37ClFN3O4S/c1-23-13-18-28(20-29(23)33)37(42(2,40)41)22-31(38)36(21-25-14-16-26(34)17-15-25)30(19-24-9-5-3-6-10-24)32(39)35-27-11-7-4-8-12-27/h3,5-6,9-10,13-18,20,27,30H,4,7-8,11-12,19,21-22H2,1-2H3,(H,35,39)/t30-/m0/s1. The van der Waals surface area contributed by atoms with E-state index in [1.54, 1.807) is 31.2 Å². The Morgan fingerprint density at radius 3 is 2.26 bits per heavy atom. The van der Waals surface area contributed by atoms with Crippen molar-refractivity contribution in [1.82, 2.24) is 10.2 Å². The van der Waals surface area contributed by atoms with Crippen molar-refractivity contribution in [2.24, 2.45) is 0 Å². The lowest BCUT2D eigenvalue weighted by Gasteiger charge is -2.35. The van der Waals surface area contributed by atoms with Gasteiger partial charge in [0.25, 0.3) is 0 Å². The molecule has 1 saturated carbocycles. The van der Waals surface area contributed by atoms with Crippen LogP contribution < -0.4 is 9.62 Å². The van der Waals surface area contributed by atoms with Crippen LogP contribution in [-0.4, -0.2) is 50.0 Å². The molecule has 3 aromatic carbocycles. The quantitative estimate of drug-likeness (QED) is 0.303. The highest BCUT2D eigenvalue weighted by Crippen LogP contribution is 2.26. The largest absolute Gasteiger partial charge is 0.352 e. The SMILES string of the molecule is Cc1ccc(N(CC(=O)N(Cc2ccc(F)cc2)[C@@H](Cc2ccccc2)C(=O)NC2CCCCC2)S(C)(=O)=O)cc1Cl. The number of anilines is 1. The van der Waals surface area contributed by atoms with Crippen LogP contribution in [-0.2, 0) is 32.6 Å². The number of nitrogens with one attached hydrogen (secondary N) is 1. The average Bonchev–Trinajstić information content (AvgIpc) is 2.96. The fourth-order valence-corrected chi connectivity index (χ4v) is 6.25. The highest BCUT2D eigenvalue weighted by molar-refractivity contribution is 7.92. The molecule has 0 aromatic heterocycles. The number of rotatable bonds is 11. The summed E-state index contributed by atoms with van der Waals surface area (Å²) in [5.41, 5.74) is 2.47. The molecular formula is C32H37ClFN3O4S. The van der Waals surface area contributed by atoms with Gasteiger partial charge in [0.15, 0.2) is 0 Å². The van der Waals surface area contributed by atoms with E-state index in [1.165, 1.54) is 23.1 Å². The van der Waals surface area contributed by atoms with Crippen LogP contribution in [0, 0.1) is 12.7 Å². The molecule has 3 aromatic rings. The van der Waals surface area contributed by atoms with Crippen LogP contribution in [0.3, 0.4) is 0 Å². The van der Waals surface area contributed by atoms with E-state index in [1.807, 2.05) is 30.3 Å². The van der Waals surface area contributed by atoms with Gasteiger partial charge in [0, 0.05) is 24.0 Å². The Hall–Kier alpha value is -3.43. The zero-order chi connectivity index (χ0) is 30.3. The predicted octanol–water partition coefficient (Wildman–Crippen LogP) is 5.64. The molecule has 0 aliphatic heterocycles. The first kappa shape index (κ1) is 31.5. The topological polar surface area (TPSA) is 86.8 Å². The summed E-state index contributed by atoms with van der Waals surface area (Å²) in [6.07, 6.45) is 6.15. The van der Waals surface area contributed by atoms with Crippen molar-refractivity contribution in [3.05, 3.63) is 100 Å². The molecule has 42 heavy (non-hydrogen) atoms. The number of sulfonamides is 1. The Balaban J connectivity index is 1.72. The van der Waals surface area contributed by atoms with Crippen molar-refractivity contribution in [2.75, 3.05) is 17.1 Å². The molecule has 4 rings (SSSR count). The summed E-state index contributed by atoms with van der Waals surface area (Å²) in [4.78, 5) is 29.5. The molecule has 10 heteroatoms. The third-order valence-electron chi connectivity index (χ3n) is 7.61. The molecule has 0 saturated heterocycles. The second-order valence-corrected chi connectivity index (χ2v) is 13.2. The Morgan fingerprint density at radius 2 is 1.64 bits per heavy atom. The fourth-order valence-electron chi connectivity index (χ4n) is 5.24. The minimum atomic E-state index is -3.91. The van der Waals surface area contributed by atoms with Crippen molar-refractivity contribution in [3.8, 4) is 0 Å². The Labute approximate surface area is 252 Å². The summed E-state index contributed by atoms with van der Waals surface area (Å²) >= 11 is 6.30. The highest BCUT2D eigenvalue weighted by atomic mass is 35.5. The van der Waals surface area contributed by atoms with Crippen molar-refractivity contribution < 1.29 is 22.4 Å². The van der Waals surface area contributed by atoms with E-state index in [-0.39, 0.29) is 30.6 Å². The van der Waals surface area contributed by atoms with Gasteiger partial charge in [0.05, 0.1) is 11.9 Å². The molecule has 0 radical (unpaired) electrons. The van der Waals surface area contributed by atoms with Gasteiger partial charge < -0.3 is 10.2 Å². The molecule has 224 valence electrons. The summed E-state index contributed by atoms with van der Waals surface area (Å²) in [6, 6.07) is 18.9. The molecule has 1 atom stereocenters. The number of amides is 2. The second kappa shape index (κ2) is 14.2. The summed E-state index contributed by atoms with van der Waals surface area (Å²) in [6.45, 7) is 1.24. The summed E-state index contributed by atoms with van der Waals surface area (Å²) in [7, 11) is -3.91. The van der Waals surface area contributed by atoms with E-state index in [0.717, 1.165) is 53.8 Å². The molecule has 0 heterocycles. The predicted molar refractivity (Wildman–Crippen MR) is 164 cm³/mol. The number of carbonyl (C=O) groups excluding carboxylic acids is 2. The van der Waals surface area contributed by atoms with Gasteiger partial charge in [-0.3, -0.25) is 13.9 Å². The maximum absolute atomic E-state index is 14.2. The van der Waals surface area contributed by atoms with Gasteiger partial charge in [-0.2, -0.15) is 0 Å². The molecule has 0 spiro atoms. The Kier molecular flexibility index (Phi) is 10.6. The maximum Gasteiger partial charge on any atom is 0.244 e. The lowest BCUT2D eigenvalue weighted by molar-refractivity contribution is -0.140. The molecule has 2 amide bonds. The van der Waals surface area contributed by atoms with Crippen LogP contribution >= 0.6 is 11.6 Å². The number of hydrogen-bond donors (Lipinski definition) is 1. The molecule has 0 unspecified atom stereocenters. The monoisotopic (exact) mass is 613 g/mol. The van der Waals surface area contributed by atoms with Crippen molar-refractivity contribution >= 4 is 39.1 Å². The lowest BCUT2D eigenvalue weighted by atomic mass is 9.94. The highest BCUT2D eigenvalue weighted by Gasteiger charge is 2.34. The minimum Gasteiger partial charge on any atom is -0.352 e. The number of benzene rings is 3. The van der Waals surface area contributed by atoms with E-state index in [9.17, 15) is 22.4 Å². The first-order valence-electron chi connectivity index (χ1n) is 14.1. The summed E-state index contributed by atoms with van der Waals surface area (Å²) in [5.74, 6) is -1.29. The van der Waals surface area contributed by atoms with E-state index in [2.05, 4.69) is 5.32 Å². The van der Waals surface area contributed by atoms with Crippen molar-refractivity contribution in [1.29, 1.82) is 0 Å². The molecule has 7 nitrogen and oxygen atoms in total. The van der Waals surface area contributed by atoms with Crippen LogP contribution in [0.15, 0.2) is 72.8 Å². The van der Waals surface area contributed by atoms with Crippen LogP contribution in [0.5, 0.6) is 0 Å². The van der Waals surface area contributed by atoms with Crippen molar-refractivity contribution in [2.45, 2.75) is 64.1 Å². The molecule has 1 N–H and O–H groups in total. The first-order valence-corrected chi connectivity index (χ1v) is 16.4. The van der Waals surface area contributed by atoms with Gasteiger partial charge in [-0.1, -0.05) is 79.4 Å². The molecule has 1 aliphatic carbocycles. The van der Waals surface area contributed by atoms with Gasteiger partial charge in [-0.15, -0.1) is 0 Å². The number of hydrogen-bond acceptors (Lipinski definition) is 4. The van der Waals surface area contributed by atoms with Gasteiger partial charge in [0.1, 0.15) is 18.4 Å². The number of carbonyl (C=O) groups is 2. The van der Waals surface area contributed by atoms with Gasteiger partial charge >= 0.3 is 0 Å². The third-order valence-corrected chi connectivity index (χ3v) is 9.16. The van der Waals surface area contributed by atoms with Crippen LogP contribution in [0.1, 0.15) is 48.8 Å². The van der Waals surface area contributed by atoms with E-state index in [4.69, 9.17) is 11.6 Å². The Morgan fingerprint density at radius 1 is 0.976 bits per heavy atom. The van der Waals surface area contributed by atoms with Crippen LogP contribution in [0.4, 0.5) is 10.1 Å². The molecule has 0 bridgehead atoms. The number of nitrogens with zero attached hydrogens (tertiary/aromatic N) is 2. The maximum atomic E-state index is 14.2. The molecule has 1 aliphatic rings. The van der Waals surface area contributed by atoms with E-state index >= 15 is 0 Å². The Bertz CT molecular complexity index is 1480. The number of halogens is 2. The van der Waals surface area contributed by atoms with E-state index < -0.39 is 34.3 Å². The second-order valence-electron chi connectivity index (χ2n) is 10.9. The molecular weight excluding hydrogens is 577 g/mol. The smallest absolute Gasteiger partial charge is 0.244 e. The van der Waals surface area contributed by atoms with Crippen molar-refractivity contribution in [3.63, 3.8) is 0 Å². The summed E-state index contributed by atoms with van der Waals surface area (Å²) in [5, 5.41) is 3.52. The van der Waals surface area contributed by atoms with Gasteiger partial charge in [-0.05, 0) is 60.7 Å². The fraction of sp³-hybridized carbons (Fsp3) is 0.375. The normalized spacial score (nSPS) is 14.7. The lowest BCUT2D eigenvalue weighted by Crippen LogP contribution is -2.55. The third kappa shape index (κ3) is 8.55. The zero-order valence-electron chi connectivity index (χ0n) is 23.9. The van der Waals surface area contributed by atoms with Crippen LogP contribution in [0.2, 0.25) is 5.02 Å². The number of aryl methyl sites for hydroxylation is 1. The van der Waals surface area contributed by atoms with E-state index in [0.29, 0.717) is 10.6 Å². The average molecular weight is 614 g/mol. The van der Waals surface area contributed by atoms with Gasteiger partial charge in [0.2, 0.25) is 21.8 Å². The molecule has 1 fully saturated rings. The van der Waals surface area contributed by atoms with Crippen LogP contribution in [0.25, 0.3) is 0 Å². The zero-order valence-corrected chi connectivity index (χ0v) is 25.5. The minimum absolute atomic E-state index is 0.00881. The summed E-state index contributed by atoms with van der Waals surface area (Å²) < 4.78 is 40.6. The first-order chi connectivity index (χ1) is 20.0.